The van der Waals surface area contributed by atoms with Crippen molar-refractivity contribution in [3.63, 3.8) is 0 Å². The van der Waals surface area contributed by atoms with Crippen molar-refractivity contribution in [2.75, 3.05) is 27.2 Å². The number of aromatic nitrogens is 3. The maximum absolute atomic E-state index is 12.9. The molecule has 2 heterocycles. The molecule has 1 aromatic heterocycles. The lowest BCUT2D eigenvalue weighted by atomic mass is 10.0. The van der Waals surface area contributed by atoms with Crippen LogP contribution in [0.15, 0.2) is 30.6 Å². The third kappa shape index (κ3) is 3.90. The summed E-state index contributed by atoms with van der Waals surface area (Å²) in [6.45, 7) is 5.02. The fourth-order valence-electron chi connectivity index (χ4n) is 3.41. The van der Waals surface area contributed by atoms with Crippen LogP contribution < -0.4 is 0 Å². The van der Waals surface area contributed by atoms with E-state index in [0.717, 1.165) is 50.3 Å². The number of likely N-dealkylation sites (tertiary alicyclic amines) is 1. The van der Waals surface area contributed by atoms with E-state index in [4.69, 9.17) is 0 Å². The number of aryl methyl sites for hydroxylation is 1. The highest BCUT2D eigenvalue weighted by Gasteiger charge is 2.25. The Labute approximate surface area is 149 Å². The Balaban J connectivity index is 1.78. The molecule has 1 aliphatic rings. The standard InChI is InChI=1S/C19H27N5O/c1-4-10-24-18(20-14-21-24)15-6-5-7-16(13-15)19(25)23(3)17-8-11-22(2)12-9-17/h5-7,13-14,17H,4,8-12H2,1-3H3. The highest BCUT2D eigenvalue weighted by Crippen LogP contribution is 2.21. The van der Waals surface area contributed by atoms with Gasteiger partial charge in [-0.2, -0.15) is 5.10 Å². The minimum Gasteiger partial charge on any atom is -0.339 e. The van der Waals surface area contributed by atoms with Gasteiger partial charge in [0.05, 0.1) is 0 Å². The van der Waals surface area contributed by atoms with Crippen molar-refractivity contribution in [3.8, 4) is 11.4 Å². The van der Waals surface area contributed by atoms with E-state index >= 15 is 0 Å². The number of piperidine rings is 1. The second kappa shape index (κ2) is 7.78. The Morgan fingerprint density at radius 2 is 2.08 bits per heavy atom. The first-order valence-electron chi connectivity index (χ1n) is 9.04. The Kier molecular flexibility index (Phi) is 5.48. The van der Waals surface area contributed by atoms with Crippen molar-refractivity contribution in [2.24, 2.45) is 0 Å². The maximum atomic E-state index is 12.9. The van der Waals surface area contributed by atoms with Gasteiger partial charge in [0, 0.05) is 30.8 Å². The van der Waals surface area contributed by atoms with Crippen LogP contribution in [0.5, 0.6) is 0 Å². The van der Waals surface area contributed by atoms with Crippen LogP contribution in [-0.2, 0) is 6.54 Å². The molecule has 6 nitrogen and oxygen atoms in total. The minimum absolute atomic E-state index is 0.0814. The van der Waals surface area contributed by atoms with E-state index in [1.165, 1.54) is 0 Å². The van der Waals surface area contributed by atoms with Crippen LogP contribution in [0.4, 0.5) is 0 Å². The molecular formula is C19H27N5O. The molecule has 1 amide bonds. The van der Waals surface area contributed by atoms with Crippen LogP contribution in [0.25, 0.3) is 11.4 Å². The number of hydrogen-bond donors (Lipinski definition) is 0. The van der Waals surface area contributed by atoms with Crippen LogP contribution in [0.1, 0.15) is 36.5 Å². The second-order valence-electron chi connectivity index (χ2n) is 6.84. The van der Waals surface area contributed by atoms with Crippen molar-refractivity contribution in [1.29, 1.82) is 0 Å². The summed E-state index contributed by atoms with van der Waals surface area (Å²) in [4.78, 5) is 21.5. The van der Waals surface area contributed by atoms with Crippen LogP contribution in [0.3, 0.4) is 0 Å². The van der Waals surface area contributed by atoms with Crippen molar-refractivity contribution >= 4 is 5.91 Å². The summed E-state index contributed by atoms with van der Waals surface area (Å²) in [5.74, 6) is 0.899. The lowest BCUT2D eigenvalue weighted by Crippen LogP contribution is -2.44. The SMILES string of the molecule is CCCn1ncnc1-c1cccc(C(=O)N(C)C2CCN(C)CC2)c1. The first kappa shape index (κ1) is 17.6. The summed E-state index contributed by atoms with van der Waals surface area (Å²) < 4.78 is 1.89. The number of carbonyl (C=O) groups excluding carboxylic acids is 1. The van der Waals surface area contributed by atoms with Gasteiger partial charge in [-0.3, -0.25) is 4.79 Å². The number of rotatable bonds is 5. The number of amides is 1. The Hall–Kier alpha value is -2.21. The molecule has 1 saturated heterocycles. The zero-order valence-electron chi connectivity index (χ0n) is 15.4. The molecule has 6 heteroatoms. The van der Waals surface area contributed by atoms with Gasteiger partial charge in [0.1, 0.15) is 6.33 Å². The van der Waals surface area contributed by atoms with Crippen LogP contribution >= 0.6 is 0 Å². The quantitative estimate of drug-likeness (QED) is 0.838. The highest BCUT2D eigenvalue weighted by molar-refractivity contribution is 5.95. The lowest BCUT2D eigenvalue weighted by molar-refractivity contribution is 0.0659. The van der Waals surface area contributed by atoms with E-state index in [1.54, 1.807) is 6.33 Å². The molecule has 1 aromatic carbocycles. The van der Waals surface area contributed by atoms with Gasteiger partial charge >= 0.3 is 0 Å². The number of carbonyl (C=O) groups is 1. The molecule has 0 atom stereocenters. The van der Waals surface area contributed by atoms with Gasteiger partial charge in [-0.05, 0) is 51.5 Å². The smallest absolute Gasteiger partial charge is 0.253 e. The molecule has 0 radical (unpaired) electrons. The molecule has 0 bridgehead atoms. The maximum Gasteiger partial charge on any atom is 0.253 e. The molecule has 25 heavy (non-hydrogen) atoms. The molecule has 0 N–H and O–H groups in total. The van der Waals surface area contributed by atoms with Gasteiger partial charge in [0.25, 0.3) is 5.91 Å². The lowest BCUT2D eigenvalue weighted by Gasteiger charge is -2.35. The number of hydrogen-bond acceptors (Lipinski definition) is 4. The van der Waals surface area contributed by atoms with Crippen molar-refractivity contribution < 1.29 is 4.79 Å². The molecule has 134 valence electrons. The van der Waals surface area contributed by atoms with Gasteiger partial charge in [-0.1, -0.05) is 19.1 Å². The summed E-state index contributed by atoms with van der Waals surface area (Å²) in [5, 5.41) is 4.28. The third-order valence-electron chi connectivity index (χ3n) is 4.97. The van der Waals surface area contributed by atoms with E-state index < -0.39 is 0 Å². The van der Waals surface area contributed by atoms with E-state index in [0.29, 0.717) is 11.6 Å². The summed E-state index contributed by atoms with van der Waals surface area (Å²) in [5.41, 5.74) is 1.65. The molecule has 1 fully saturated rings. The van der Waals surface area contributed by atoms with Crippen LogP contribution in [0, 0.1) is 0 Å². The van der Waals surface area contributed by atoms with E-state index in [2.05, 4.69) is 29.0 Å². The Morgan fingerprint density at radius 1 is 1.32 bits per heavy atom. The second-order valence-corrected chi connectivity index (χ2v) is 6.84. The number of nitrogens with zero attached hydrogens (tertiary/aromatic N) is 5. The fourth-order valence-corrected chi connectivity index (χ4v) is 3.41. The Bertz CT molecular complexity index is 718. The van der Waals surface area contributed by atoms with E-state index in [1.807, 2.05) is 40.9 Å². The first-order chi connectivity index (χ1) is 12.1. The number of benzene rings is 1. The minimum atomic E-state index is 0.0814. The zero-order chi connectivity index (χ0) is 17.8. The van der Waals surface area contributed by atoms with E-state index in [9.17, 15) is 4.79 Å². The fraction of sp³-hybridized carbons (Fsp3) is 0.526. The molecular weight excluding hydrogens is 314 g/mol. The van der Waals surface area contributed by atoms with Gasteiger partial charge in [-0.15, -0.1) is 0 Å². The average molecular weight is 341 g/mol. The van der Waals surface area contributed by atoms with Crippen molar-refractivity contribution in [2.45, 2.75) is 38.8 Å². The van der Waals surface area contributed by atoms with Crippen molar-refractivity contribution in [1.82, 2.24) is 24.6 Å². The largest absolute Gasteiger partial charge is 0.339 e. The predicted octanol–water partition coefficient (Wildman–Crippen LogP) is 2.52. The van der Waals surface area contributed by atoms with Crippen LogP contribution in [-0.4, -0.2) is 63.7 Å². The van der Waals surface area contributed by atoms with Gasteiger partial charge in [-0.25, -0.2) is 9.67 Å². The Morgan fingerprint density at radius 3 is 2.80 bits per heavy atom. The molecule has 0 aliphatic carbocycles. The van der Waals surface area contributed by atoms with Gasteiger partial charge < -0.3 is 9.80 Å². The average Bonchev–Trinajstić information content (AvgIpc) is 3.10. The third-order valence-corrected chi connectivity index (χ3v) is 4.97. The molecule has 0 saturated carbocycles. The summed E-state index contributed by atoms with van der Waals surface area (Å²) in [7, 11) is 4.05. The normalized spacial score (nSPS) is 16.1. The zero-order valence-corrected chi connectivity index (χ0v) is 15.4. The molecule has 3 rings (SSSR count). The molecule has 2 aromatic rings. The summed E-state index contributed by atoms with van der Waals surface area (Å²) in [6.07, 6.45) is 4.63. The summed E-state index contributed by atoms with van der Waals surface area (Å²) >= 11 is 0. The first-order valence-corrected chi connectivity index (χ1v) is 9.04. The van der Waals surface area contributed by atoms with Crippen molar-refractivity contribution in [3.05, 3.63) is 36.2 Å². The van der Waals surface area contributed by atoms with E-state index in [-0.39, 0.29) is 5.91 Å². The molecule has 0 unspecified atom stereocenters. The highest BCUT2D eigenvalue weighted by atomic mass is 16.2. The molecule has 0 spiro atoms. The van der Waals surface area contributed by atoms with Gasteiger partial charge in [0.15, 0.2) is 5.82 Å². The topological polar surface area (TPSA) is 54.3 Å². The predicted molar refractivity (Wildman–Crippen MR) is 98.4 cm³/mol. The monoisotopic (exact) mass is 341 g/mol. The summed E-state index contributed by atoms with van der Waals surface area (Å²) in [6, 6.07) is 8.05. The van der Waals surface area contributed by atoms with Gasteiger partial charge in [0.2, 0.25) is 0 Å². The molecule has 1 aliphatic heterocycles. The van der Waals surface area contributed by atoms with Crippen LogP contribution in [0.2, 0.25) is 0 Å².